The Kier molecular flexibility index (Phi) is 7.71. The number of likely N-dealkylation sites (tertiary alicyclic amines) is 1. The number of rotatable bonds is 5. The fourth-order valence-electron chi connectivity index (χ4n) is 7.74. The second-order valence-electron chi connectivity index (χ2n) is 12.7. The summed E-state index contributed by atoms with van der Waals surface area (Å²) in [6.45, 7) is 7.86. The highest BCUT2D eigenvalue weighted by molar-refractivity contribution is 5.78. The van der Waals surface area contributed by atoms with Crippen molar-refractivity contribution in [3.05, 3.63) is 46.9 Å². The smallest absolute Gasteiger partial charge is 0.264 e. The number of nitrogens with zero attached hydrogens (tertiary/aromatic N) is 7. The van der Waals surface area contributed by atoms with Gasteiger partial charge in [-0.2, -0.15) is 10.2 Å². The molecule has 0 saturated carbocycles. The number of nitrogens with one attached hydrogen (secondary N) is 1. The van der Waals surface area contributed by atoms with Gasteiger partial charge in [0, 0.05) is 86.9 Å². The average molecular weight is 593 g/mol. The summed E-state index contributed by atoms with van der Waals surface area (Å²) >= 11 is 0. The lowest BCUT2D eigenvalue weighted by molar-refractivity contribution is -0.129. The van der Waals surface area contributed by atoms with Crippen LogP contribution < -0.4 is 10.2 Å². The second kappa shape index (κ2) is 11.6. The lowest BCUT2D eigenvalue weighted by atomic mass is 9.92. The summed E-state index contributed by atoms with van der Waals surface area (Å²) in [4.78, 5) is 19.2. The lowest BCUT2D eigenvalue weighted by Gasteiger charge is -2.40. The van der Waals surface area contributed by atoms with Crippen molar-refractivity contribution in [1.29, 1.82) is 0 Å². The molecule has 230 valence electrons. The van der Waals surface area contributed by atoms with E-state index in [-0.39, 0.29) is 11.5 Å². The monoisotopic (exact) mass is 592 g/mol. The van der Waals surface area contributed by atoms with Crippen LogP contribution in [0.15, 0.2) is 24.5 Å². The maximum absolute atomic E-state index is 14.5. The number of hydrogen-bond donors (Lipinski definition) is 1. The number of aromatic nitrogens is 4. The number of benzene rings is 1. The summed E-state index contributed by atoms with van der Waals surface area (Å²) in [6.07, 6.45) is 7.84. The largest absolute Gasteiger partial charge is 0.338 e. The molecule has 0 aliphatic carbocycles. The summed E-state index contributed by atoms with van der Waals surface area (Å²) in [5.41, 5.74) is 5.40. The van der Waals surface area contributed by atoms with Crippen molar-refractivity contribution >= 4 is 17.4 Å². The summed E-state index contributed by atoms with van der Waals surface area (Å²) in [5, 5.41) is 13.0. The highest BCUT2D eigenvalue weighted by Gasteiger charge is 2.35. The van der Waals surface area contributed by atoms with E-state index in [0.717, 1.165) is 80.9 Å². The molecule has 43 heavy (non-hydrogen) atoms. The predicted molar refractivity (Wildman–Crippen MR) is 162 cm³/mol. The van der Waals surface area contributed by atoms with Crippen LogP contribution in [-0.2, 0) is 31.2 Å². The molecule has 11 heteroatoms. The van der Waals surface area contributed by atoms with Crippen molar-refractivity contribution < 1.29 is 13.6 Å². The van der Waals surface area contributed by atoms with Gasteiger partial charge in [-0.15, -0.1) is 0 Å². The van der Waals surface area contributed by atoms with E-state index in [4.69, 9.17) is 5.10 Å². The molecule has 0 unspecified atom stereocenters. The number of fused-ring (bicyclic) bond motifs is 2. The number of piperidine rings is 2. The fourth-order valence-corrected chi connectivity index (χ4v) is 7.74. The van der Waals surface area contributed by atoms with Crippen molar-refractivity contribution in [1.82, 2.24) is 34.7 Å². The first kappa shape index (κ1) is 28.5. The Morgan fingerprint density at radius 2 is 1.81 bits per heavy atom. The maximum Gasteiger partial charge on any atom is 0.264 e. The number of anilines is 2. The van der Waals surface area contributed by atoms with Crippen LogP contribution in [0.3, 0.4) is 0 Å². The van der Waals surface area contributed by atoms with Crippen LogP contribution in [0.1, 0.15) is 73.9 Å². The van der Waals surface area contributed by atoms with Gasteiger partial charge in [0.25, 0.3) is 6.43 Å². The van der Waals surface area contributed by atoms with Gasteiger partial charge in [-0.3, -0.25) is 14.2 Å². The average Bonchev–Trinajstić information content (AvgIpc) is 3.64. The topological polar surface area (TPSA) is 74.5 Å². The van der Waals surface area contributed by atoms with Gasteiger partial charge >= 0.3 is 0 Å². The Morgan fingerprint density at radius 3 is 2.51 bits per heavy atom. The molecule has 0 atom stereocenters. The lowest BCUT2D eigenvalue weighted by Crippen LogP contribution is -2.47. The Bertz CT molecular complexity index is 1480. The van der Waals surface area contributed by atoms with Gasteiger partial charge in [-0.05, 0) is 74.9 Å². The minimum atomic E-state index is -2.62. The van der Waals surface area contributed by atoms with E-state index in [1.54, 1.807) is 37.1 Å². The number of alkyl halides is 2. The molecule has 2 saturated heterocycles. The molecule has 2 aromatic heterocycles. The van der Waals surface area contributed by atoms with Crippen LogP contribution in [0.4, 0.5) is 20.3 Å². The highest BCUT2D eigenvalue weighted by Crippen LogP contribution is 2.43. The molecule has 1 amide bonds. The standard InChI is InChI=1S/C32H42F2N8O/c1-21(43)40-15-9-29-28(20-40)32(37-42(29)25-7-13-39(14-8-25)24-5-10-35-11-6-24)41-12-3-4-22-16-26(23-18-36-38(2)19-23)27(31(33)34)17-30(22)41/h16-19,24-25,31,35H,3-15,20H2,1-2H3. The first-order valence-corrected chi connectivity index (χ1v) is 15.9. The van der Waals surface area contributed by atoms with E-state index in [9.17, 15) is 13.6 Å². The molecule has 4 aliphatic heterocycles. The molecule has 3 aromatic rings. The van der Waals surface area contributed by atoms with Crippen LogP contribution in [-0.4, -0.2) is 80.6 Å². The molecule has 1 aromatic carbocycles. The first-order valence-electron chi connectivity index (χ1n) is 15.9. The van der Waals surface area contributed by atoms with Crippen LogP contribution in [0, 0.1) is 0 Å². The minimum Gasteiger partial charge on any atom is -0.338 e. The molecular formula is C32H42F2N8O. The van der Waals surface area contributed by atoms with Crippen molar-refractivity contribution in [3.8, 4) is 11.1 Å². The van der Waals surface area contributed by atoms with Crippen LogP contribution in [0.5, 0.6) is 0 Å². The number of aryl methyl sites for hydroxylation is 2. The molecule has 9 nitrogen and oxygen atoms in total. The van der Waals surface area contributed by atoms with Crippen LogP contribution in [0.2, 0.25) is 0 Å². The van der Waals surface area contributed by atoms with Crippen LogP contribution >= 0.6 is 0 Å². The minimum absolute atomic E-state index is 0.0163. The molecule has 0 spiro atoms. The first-order chi connectivity index (χ1) is 20.9. The molecule has 2 fully saturated rings. The van der Waals surface area contributed by atoms with Gasteiger partial charge < -0.3 is 20.0 Å². The van der Waals surface area contributed by atoms with E-state index in [1.165, 1.54) is 18.5 Å². The Morgan fingerprint density at radius 1 is 1.02 bits per heavy atom. The van der Waals surface area contributed by atoms with Crippen molar-refractivity contribution in [3.63, 3.8) is 0 Å². The fraction of sp³-hybridized carbons (Fsp3) is 0.594. The third kappa shape index (κ3) is 5.35. The number of carbonyl (C=O) groups excluding carboxylic acids is 1. The zero-order valence-electron chi connectivity index (χ0n) is 25.2. The Balaban J connectivity index is 1.25. The van der Waals surface area contributed by atoms with Gasteiger partial charge in [-0.25, -0.2) is 8.78 Å². The predicted octanol–water partition coefficient (Wildman–Crippen LogP) is 4.60. The summed E-state index contributed by atoms with van der Waals surface area (Å²) in [7, 11) is 1.80. The third-order valence-electron chi connectivity index (χ3n) is 10.1. The maximum atomic E-state index is 14.5. The van der Waals surface area contributed by atoms with Gasteiger partial charge in [0.15, 0.2) is 5.82 Å². The SMILES string of the molecule is CC(=O)N1CCc2c(c(N3CCCc4cc(-c5cnn(C)c5)c(C(F)F)cc43)nn2C2CCN(C3CCNCC3)CC2)C1. The quantitative estimate of drug-likeness (QED) is 0.467. The zero-order valence-corrected chi connectivity index (χ0v) is 25.2. The summed E-state index contributed by atoms with van der Waals surface area (Å²) in [6, 6.07) is 4.58. The third-order valence-corrected chi connectivity index (χ3v) is 10.1. The molecule has 1 N–H and O–H groups in total. The van der Waals surface area contributed by atoms with Gasteiger partial charge in [0.05, 0.1) is 18.8 Å². The number of hydrogen-bond acceptors (Lipinski definition) is 6. The van der Waals surface area contributed by atoms with E-state index in [0.29, 0.717) is 42.8 Å². The molecule has 6 heterocycles. The van der Waals surface area contributed by atoms with Gasteiger partial charge in [0.2, 0.25) is 5.91 Å². The second-order valence-corrected chi connectivity index (χ2v) is 12.7. The highest BCUT2D eigenvalue weighted by atomic mass is 19.3. The number of amides is 1. The van der Waals surface area contributed by atoms with E-state index in [1.807, 2.05) is 11.0 Å². The molecule has 4 aliphatic rings. The Hall–Kier alpha value is -3.31. The molecular weight excluding hydrogens is 550 g/mol. The molecule has 0 radical (unpaired) electrons. The van der Waals surface area contributed by atoms with E-state index < -0.39 is 6.43 Å². The van der Waals surface area contributed by atoms with Gasteiger partial charge in [-0.1, -0.05) is 0 Å². The zero-order chi connectivity index (χ0) is 29.7. The molecule has 7 rings (SSSR count). The van der Waals surface area contributed by atoms with E-state index in [2.05, 4.69) is 24.9 Å². The van der Waals surface area contributed by atoms with E-state index >= 15 is 0 Å². The summed E-state index contributed by atoms with van der Waals surface area (Å²) < 4.78 is 33.0. The van der Waals surface area contributed by atoms with Gasteiger partial charge in [0.1, 0.15) is 0 Å². The molecule has 0 bridgehead atoms. The summed E-state index contributed by atoms with van der Waals surface area (Å²) in [5.74, 6) is 0.886. The number of carbonyl (C=O) groups is 1. The van der Waals surface area contributed by atoms with Crippen LogP contribution in [0.25, 0.3) is 11.1 Å². The van der Waals surface area contributed by atoms with Crippen molar-refractivity contribution in [2.45, 2.75) is 76.9 Å². The normalized spacial score (nSPS) is 20.5. The van der Waals surface area contributed by atoms with Crippen molar-refractivity contribution in [2.75, 3.05) is 44.2 Å². The number of halogens is 2. The van der Waals surface area contributed by atoms with Crippen molar-refractivity contribution in [2.24, 2.45) is 7.05 Å². The Labute approximate surface area is 251 Å².